The van der Waals surface area contributed by atoms with Gasteiger partial charge in [-0.3, -0.25) is 4.79 Å². The van der Waals surface area contributed by atoms with E-state index in [1.54, 1.807) is 4.90 Å². The number of likely N-dealkylation sites (tertiary alicyclic amines) is 1. The van der Waals surface area contributed by atoms with E-state index in [-0.39, 0.29) is 22.8 Å². The molecule has 1 aliphatic rings. The van der Waals surface area contributed by atoms with E-state index < -0.39 is 10.0 Å². The van der Waals surface area contributed by atoms with E-state index in [0.29, 0.717) is 24.4 Å². The number of hydrogen-bond donors (Lipinski definition) is 1. The maximum atomic E-state index is 12.7. The number of rotatable bonds is 6. The molecule has 1 fully saturated rings. The standard InChI is InChI=1S/C17H26N2O4S/c1-12(2)13(3)18-24(21,22)14-7-8-16(23-4)15(11-14)17(20)19-9-5-6-10-19/h7-8,11-13,18H,5-6,9-10H2,1-4H3. The minimum absolute atomic E-state index is 0.0818. The van der Waals surface area contributed by atoms with Gasteiger partial charge in [-0.25, -0.2) is 13.1 Å². The highest BCUT2D eigenvalue weighted by molar-refractivity contribution is 7.89. The number of ether oxygens (including phenoxy) is 1. The zero-order valence-electron chi connectivity index (χ0n) is 14.7. The summed E-state index contributed by atoms with van der Waals surface area (Å²) in [4.78, 5) is 14.5. The van der Waals surface area contributed by atoms with Crippen LogP contribution in [0.2, 0.25) is 0 Å². The summed E-state index contributed by atoms with van der Waals surface area (Å²) in [5.41, 5.74) is 0.291. The van der Waals surface area contributed by atoms with E-state index in [2.05, 4.69) is 4.72 Å². The van der Waals surface area contributed by atoms with Crippen molar-refractivity contribution in [1.29, 1.82) is 0 Å². The maximum Gasteiger partial charge on any atom is 0.257 e. The number of amides is 1. The lowest BCUT2D eigenvalue weighted by molar-refractivity contribution is 0.0789. The second-order valence-corrected chi connectivity index (χ2v) is 8.23. The average Bonchev–Trinajstić information content (AvgIpc) is 3.07. The molecule has 24 heavy (non-hydrogen) atoms. The van der Waals surface area contributed by atoms with Gasteiger partial charge in [0.1, 0.15) is 5.75 Å². The lowest BCUT2D eigenvalue weighted by atomic mass is 10.1. The molecule has 1 unspecified atom stereocenters. The lowest BCUT2D eigenvalue weighted by Crippen LogP contribution is -2.36. The SMILES string of the molecule is COc1ccc(S(=O)(=O)NC(C)C(C)C)cc1C(=O)N1CCCC1. The second kappa shape index (κ2) is 7.53. The number of hydrogen-bond acceptors (Lipinski definition) is 4. The van der Waals surface area contributed by atoms with E-state index >= 15 is 0 Å². The molecule has 6 nitrogen and oxygen atoms in total. The fourth-order valence-corrected chi connectivity index (χ4v) is 3.98. The predicted octanol–water partition coefficient (Wildman–Crippen LogP) is 2.25. The number of carbonyl (C=O) groups excluding carboxylic acids is 1. The van der Waals surface area contributed by atoms with Crippen LogP contribution in [0.1, 0.15) is 44.0 Å². The molecule has 0 aromatic heterocycles. The topological polar surface area (TPSA) is 75.7 Å². The molecule has 1 amide bonds. The Labute approximate surface area is 144 Å². The molecule has 134 valence electrons. The first kappa shape index (κ1) is 18.7. The molecular formula is C17H26N2O4S. The molecule has 1 aromatic rings. The molecule has 0 aliphatic carbocycles. The van der Waals surface area contributed by atoms with Crippen LogP contribution in [0.15, 0.2) is 23.1 Å². The van der Waals surface area contributed by atoms with Gasteiger partial charge in [-0.15, -0.1) is 0 Å². The van der Waals surface area contributed by atoms with Gasteiger partial charge >= 0.3 is 0 Å². The van der Waals surface area contributed by atoms with Gasteiger partial charge in [0.15, 0.2) is 0 Å². The number of nitrogens with one attached hydrogen (secondary N) is 1. The zero-order chi connectivity index (χ0) is 17.9. The third-order valence-electron chi connectivity index (χ3n) is 4.45. The Balaban J connectivity index is 2.35. The van der Waals surface area contributed by atoms with Crippen LogP contribution in [0.25, 0.3) is 0 Å². The van der Waals surface area contributed by atoms with Gasteiger partial charge in [0, 0.05) is 19.1 Å². The van der Waals surface area contributed by atoms with Crippen molar-refractivity contribution in [2.45, 2.75) is 44.6 Å². The monoisotopic (exact) mass is 354 g/mol. The van der Waals surface area contributed by atoms with Crippen LogP contribution in [-0.2, 0) is 10.0 Å². The highest BCUT2D eigenvalue weighted by atomic mass is 32.2. The average molecular weight is 354 g/mol. The van der Waals surface area contributed by atoms with Crippen molar-refractivity contribution in [1.82, 2.24) is 9.62 Å². The number of sulfonamides is 1. The van der Waals surface area contributed by atoms with Crippen LogP contribution in [0, 0.1) is 5.92 Å². The number of benzene rings is 1. The summed E-state index contributed by atoms with van der Waals surface area (Å²) in [5.74, 6) is 0.379. The highest BCUT2D eigenvalue weighted by Crippen LogP contribution is 2.25. The maximum absolute atomic E-state index is 12.7. The van der Waals surface area contributed by atoms with Crippen molar-refractivity contribution >= 4 is 15.9 Å². The van der Waals surface area contributed by atoms with Gasteiger partial charge in [0.2, 0.25) is 10.0 Å². The van der Waals surface area contributed by atoms with E-state index in [0.717, 1.165) is 12.8 Å². The van der Waals surface area contributed by atoms with Crippen LogP contribution >= 0.6 is 0 Å². The van der Waals surface area contributed by atoms with Crippen LogP contribution in [0.5, 0.6) is 5.75 Å². The van der Waals surface area contributed by atoms with Crippen LogP contribution in [-0.4, -0.2) is 45.5 Å². The molecule has 1 N–H and O–H groups in total. The van der Waals surface area contributed by atoms with Crippen LogP contribution in [0.4, 0.5) is 0 Å². The molecule has 0 saturated carbocycles. The quantitative estimate of drug-likeness (QED) is 0.850. The molecule has 1 saturated heterocycles. The summed E-state index contributed by atoms with van der Waals surface area (Å²) < 4.78 is 33.0. The summed E-state index contributed by atoms with van der Waals surface area (Å²) in [6, 6.07) is 4.22. The Kier molecular flexibility index (Phi) is 5.87. The van der Waals surface area contributed by atoms with Crippen molar-refractivity contribution in [3.63, 3.8) is 0 Å². The van der Waals surface area contributed by atoms with Gasteiger partial charge in [-0.1, -0.05) is 13.8 Å². The molecule has 7 heteroatoms. The van der Waals surface area contributed by atoms with Gasteiger partial charge in [-0.2, -0.15) is 0 Å². The molecule has 1 heterocycles. The summed E-state index contributed by atoms with van der Waals surface area (Å²) in [6.45, 7) is 7.11. The lowest BCUT2D eigenvalue weighted by Gasteiger charge is -2.20. The minimum Gasteiger partial charge on any atom is -0.496 e. The van der Waals surface area contributed by atoms with Crippen LogP contribution in [0.3, 0.4) is 0 Å². The zero-order valence-corrected chi connectivity index (χ0v) is 15.5. The molecule has 2 rings (SSSR count). The van der Waals surface area contributed by atoms with Crippen molar-refractivity contribution in [3.05, 3.63) is 23.8 Å². The fourth-order valence-electron chi connectivity index (χ4n) is 2.56. The van der Waals surface area contributed by atoms with E-state index in [1.807, 2.05) is 20.8 Å². The fraction of sp³-hybridized carbons (Fsp3) is 0.588. The first-order valence-corrected chi connectivity index (χ1v) is 9.74. The third-order valence-corrected chi connectivity index (χ3v) is 6.00. The van der Waals surface area contributed by atoms with Gasteiger partial charge in [0.25, 0.3) is 5.91 Å². The predicted molar refractivity (Wildman–Crippen MR) is 92.8 cm³/mol. The number of nitrogens with zero attached hydrogens (tertiary/aromatic N) is 1. The first-order valence-electron chi connectivity index (χ1n) is 8.26. The highest BCUT2D eigenvalue weighted by Gasteiger charge is 2.26. The second-order valence-electron chi connectivity index (χ2n) is 6.52. The van der Waals surface area contributed by atoms with Crippen molar-refractivity contribution in [2.24, 2.45) is 5.92 Å². The van der Waals surface area contributed by atoms with Gasteiger partial charge in [-0.05, 0) is 43.9 Å². The summed E-state index contributed by atoms with van der Waals surface area (Å²) >= 11 is 0. The summed E-state index contributed by atoms with van der Waals surface area (Å²) in [5, 5.41) is 0. The minimum atomic E-state index is -3.69. The summed E-state index contributed by atoms with van der Waals surface area (Å²) in [6.07, 6.45) is 1.94. The van der Waals surface area contributed by atoms with Gasteiger partial charge < -0.3 is 9.64 Å². The Morgan fingerprint density at radius 2 is 1.83 bits per heavy atom. The first-order chi connectivity index (χ1) is 11.3. The molecule has 1 atom stereocenters. The molecule has 0 bridgehead atoms. The molecule has 0 spiro atoms. The Morgan fingerprint density at radius 3 is 2.38 bits per heavy atom. The van der Waals surface area contributed by atoms with E-state index in [4.69, 9.17) is 4.74 Å². The normalized spacial score (nSPS) is 16.5. The molecular weight excluding hydrogens is 328 g/mol. The van der Waals surface area contributed by atoms with Crippen molar-refractivity contribution in [3.8, 4) is 5.75 Å². The molecule has 1 aliphatic heterocycles. The van der Waals surface area contributed by atoms with E-state index in [9.17, 15) is 13.2 Å². The number of carbonyl (C=O) groups is 1. The van der Waals surface area contributed by atoms with Gasteiger partial charge in [0.05, 0.1) is 17.6 Å². The Morgan fingerprint density at radius 1 is 1.21 bits per heavy atom. The Bertz CT molecular complexity index is 695. The molecule has 0 radical (unpaired) electrons. The number of methoxy groups -OCH3 is 1. The van der Waals surface area contributed by atoms with Crippen molar-refractivity contribution in [2.75, 3.05) is 20.2 Å². The van der Waals surface area contributed by atoms with Crippen LogP contribution < -0.4 is 9.46 Å². The van der Waals surface area contributed by atoms with Crippen molar-refractivity contribution < 1.29 is 17.9 Å². The van der Waals surface area contributed by atoms with E-state index in [1.165, 1.54) is 25.3 Å². The summed E-state index contributed by atoms with van der Waals surface area (Å²) in [7, 11) is -2.21. The Hall–Kier alpha value is -1.60. The third kappa shape index (κ3) is 4.08. The smallest absolute Gasteiger partial charge is 0.257 e. The molecule has 1 aromatic carbocycles. The largest absolute Gasteiger partial charge is 0.496 e.